The van der Waals surface area contributed by atoms with E-state index < -0.39 is 0 Å². The van der Waals surface area contributed by atoms with Crippen molar-refractivity contribution < 1.29 is 0 Å². The molecule has 0 aliphatic carbocycles. The number of nitrogens with two attached hydrogens (primary N) is 1. The number of hydrogen-bond donors (Lipinski definition) is 1. The monoisotopic (exact) mass is 261 g/mol. The minimum absolute atomic E-state index is 0. The van der Waals surface area contributed by atoms with Crippen molar-refractivity contribution in [3.63, 3.8) is 0 Å². The van der Waals surface area contributed by atoms with Crippen molar-refractivity contribution in [2.45, 2.75) is 0 Å². The summed E-state index contributed by atoms with van der Waals surface area (Å²) in [6.45, 7) is 0. The van der Waals surface area contributed by atoms with Crippen LogP contribution in [0.25, 0.3) is 21.2 Å². The topological polar surface area (TPSA) is 26.0 Å². The van der Waals surface area contributed by atoms with E-state index in [9.17, 15) is 0 Å². The van der Waals surface area contributed by atoms with Crippen LogP contribution in [0.15, 0.2) is 53.9 Å². The first-order valence-electron chi connectivity index (χ1n) is 5.17. The lowest BCUT2D eigenvalue weighted by Gasteiger charge is -2.03. The van der Waals surface area contributed by atoms with E-state index in [0.29, 0.717) is 0 Å². The van der Waals surface area contributed by atoms with Gasteiger partial charge in [0.1, 0.15) is 0 Å². The number of nitrogen functional groups attached to an aromatic ring is 1. The molecule has 0 saturated carbocycles. The molecule has 3 rings (SSSR count). The van der Waals surface area contributed by atoms with E-state index in [4.69, 9.17) is 5.73 Å². The largest absolute Gasteiger partial charge is 0.398 e. The maximum absolute atomic E-state index is 5.77. The zero-order valence-corrected chi connectivity index (χ0v) is 10.7. The molecule has 3 heteroatoms. The highest BCUT2D eigenvalue weighted by Crippen LogP contribution is 2.33. The normalized spacial score (nSPS) is 10.1. The first-order valence-corrected chi connectivity index (χ1v) is 6.05. The second kappa shape index (κ2) is 4.78. The highest BCUT2D eigenvalue weighted by Gasteiger charge is 2.04. The Balaban J connectivity index is 0.00000108. The molecule has 1 heterocycles. The van der Waals surface area contributed by atoms with Gasteiger partial charge in [0.05, 0.1) is 0 Å². The van der Waals surface area contributed by atoms with Gasteiger partial charge >= 0.3 is 0 Å². The Morgan fingerprint density at radius 2 is 1.71 bits per heavy atom. The number of benzene rings is 2. The molecule has 1 nitrogen and oxygen atoms in total. The summed E-state index contributed by atoms with van der Waals surface area (Å²) in [7, 11) is 0. The van der Waals surface area contributed by atoms with Crippen LogP contribution < -0.4 is 5.73 Å². The minimum Gasteiger partial charge on any atom is -0.398 e. The summed E-state index contributed by atoms with van der Waals surface area (Å²) in [5, 5.41) is 4.54. The van der Waals surface area contributed by atoms with Crippen molar-refractivity contribution in [3.05, 3.63) is 53.9 Å². The number of rotatable bonds is 1. The van der Waals surface area contributed by atoms with E-state index in [-0.39, 0.29) is 12.4 Å². The molecule has 2 aromatic carbocycles. The van der Waals surface area contributed by atoms with Crippen LogP contribution in [0.5, 0.6) is 0 Å². The van der Waals surface area contributed by atoms with Crippen molar-refractivity contribution in [3.8, 4) is 10.4 Å². The van der Waals surface area contributed by atoms with E-state index in [2.05, 4.69) is 42.5 Å². The minimum atomic E-state index is 0. The third kappa shape index (κ3) is 2.14. The number of thiophene rings is 1. The first-order chi connectivity index (χ1) is 7.84. The second-order valence-electron chi connectivity index (χ2n) is 3.77. The lowest BCUT2D eigenvalue weighted by molar-refractivity contribution is 1.73. The molecule has 0 radical (unpaired) electrons. The van der Waals surface area contributed by atoms with Crippen LogP contribution in [0.3, 0.4) is 0 Å². The number of anilines is 1. The van der Waals surface area contributed by atoms with Crippen LogP contribution in [0, 0.1) is 0 Å². The first kappa shape index (κ1) is 12.0. The average molecular weight is 262 g/mol. The van der Waals surface area contributed by atoms with Gasteiger partial charge in [-0.05, 0) is 22.4 Å². The number of fused-ring (bicyclic) bond motifs is 1. The Bertz CT molecular complexity index is 640. The zero-order valence-electron chi connectivity index (χ0n) is 9.09. The summed E-state index contributed by atoms with van der Waals surface area (Å²) in [5.74, 6) is 0. The summed E-state index contributed by atoms with van der Waals surface area (Å²) < 4.78 is 0. The maximum atomic E-state index is 5.77. The molecular formula is C14H12ClNS. The molecule has 0 fully saturated rings. The van der Waals surface area contributed by atoms with Crippen molar-refractivity contribution in [1.29, 1.82) is 0 Å². The molecule has 0 atom stereocenters. The van der Waals surface area contributed by atoms with Gasteiger partial charge in [0, 0.05) is 15.9 Å². The molecule has 0 unspecified atom stereocenters. The van der Waals surface area contributed by atoms with Gasteiger partial charge in [-0.3, -0.25) is 0 Å². The smallest absolute Gasteiger partial charge is 0.0429 e. The predicted octanol–water partition coefficient (Wildman–Crippen LogP) is 4.57. The van der Waals surface area contributed by atoms with E-state index in [1.807, 2.05) is 11.4 Å². The van der Waals surface area contributed by atoms with Crippen LogP contribution in [0.2, 0.25) is 0 Å². The van der Waals surface area contributed by atoms with E-state index >= 15 is 0 Å². The molecule has 0 aliphatic heterocycles. The van der Waals surface area contributed by atoms with Crippen molar-refractivity contribution in [2.24, 2.45) is 0 Å². The van der Waals surface area contributed by atoms with Crippen LogP contribution in [0.4, 0.5) is 5.69 Å². The fourth-order valence-corrected chi connectivity index (χ4v) is 2.77. The zero-order chi connectivity index (χ0) is 11.0. The third-order valence-electron chi connectivity index (χ3n) is 2.67. The quantitative estimate of drug-likeness (QED) is 0.682. The lowest BCUT2D eigenvalue weighted by atomic mass is 10.0. The summed E-state index contributed by atoms with van der Waals surface area (Å²) in [6, 6.07) is 16.8. The van der Waals surface area contributed by atoms with E-state index in [0.717, 1.165) is 5.69 Å². The Kier molecular flexibility index (Phi) is 3.36. The highest BCUT2D eigenvalue weighted by atomic mass is 35.5. The van der Waals surface area contributed by atoms with Gasteiger partial charge in [-0.25, -0.2) is 0 Å². The summed E-state index contributed by atoms with van der Waals surface area (Å²) >= 11 is 1.69. The molecule has 1 aromatic heterocycles. The van der Waals surface area contributed by atoms with Crippen molar-refractivity contribution >= 4 is 40.2 Å². The Hall–Kier alpha value is -1.51. The SMILES string of the molecule is Cl.Nc1csc(-c2cccc3ccccc23)c1. The average Bonchev–Trinajstić information content (AvgIpc) is 2.75. The Labute approximate surface area is 110 Å². The van der Waals surface area contributed by atoms with Gasteiger partial charge < -0.3 is 5.73 Å². The van der Waals surface area contributed by atoms with Gasteiger partial charge in [0.15, 0.2) is 0 Å². The van der Waals surface area contributed by atoms with Crippen LogP contribution in [-0.2, 0) is 0 Å². The van der Waals surface area contributed by atoms with Gasteiger partial charge in [0.2, 0.25) is 0 Å². The molecular weight excluding hydrogens is 250 g/mol. The van der Waals surface area contributed by atoms with Gasteiger partial charge in [-0.1, -0.05) is 42.5 Å². The molecule has 86 valence electrons. The molecule has 0 amide bonds. The van der Waals surface area contributed by atoms with Crippen LogP contribution in [-0.4, -0.2) is 0 Å². The standard InChI is InChI=1S/C14H11NS.ClH/c15-11-8-14(16-9-11)13-7-3-5-10-4-1-2-6-12(10)13;/h1-9H,15H2;1H. The number of halogens is 1. The summed E-state index contributed by atoms with van der Waals surface area (Å²) in [5.41, 5.74) is 7.87. The maximum Gasteiger partial charge on any atom is 0.0429 e. The van der Waals surface area contributed by atoms with Crippen molar-refractivity contribution in [2.75, 3.05) is 5.73 Å². The van der Waals surface area contributed by atoms with Gasteiger partial charge in [-0.15, -0.1) is 23.7 Å². The predicted molar refractivity (Wildman–Crippen MR) is 78.9 cm³/mol. The van der Waals surface area contributed by atoms with Crippen molar-refractivity contribution in [1.82, 2.24) is 0 Å². The molecule has 2 N–H and O–H groups in total. The summed E-state index contributed by atoms with van der Waals surface area (Å²) in [6.07, 6.45) is 0. The third-order valence-corrected chi connectivity index (χ3v) is 3.66. The Morgan fingerprint density at radius 1 is 0.941 bits per heavy atom. The molecule has 0 spiro atoms. The van der Waals surface area contributed by atoms with Crippen LogP contribution in [0.1, 0.15) is 0 Å². The molecule has 0 saturated heterocycles. The van der Waals surface area contributed by atoms with E-state index in [1.165, 1.54) is 21.2 Å². The fourth-order valence-electron chi connectivity index (χ4n) is 1.93. The molecule has 0 aliphatic rings. The van der Waals surface area contributed by atoms with E-state index in [1.54, 1.807) is 11.3 Å². The molecule has 3 aromatic rings. The fraction of sp³-hybridized carbons (Fsp3) is 0. The van der Waals surface area contributed by atoms with Crippen LogP contribution >= 0.6 is 23.7 Å². The number of hydrogen-bond acceptors (Lipinski definition) is 2. The molecule has 0 bridgehead atoms. The second-order valence-corrected chi connectivity index (χ2v) is 4.68. The molecule has 17 heavy (non-hydrogen) atoms. The summed E-state index contributed by atoms with van der Waals surface area (Å²) in [4.78, 5) is 1.23. The van der Waals surface area contributed by atoms with Gasteiger partial charge in [0.25, 0.3) is 0 Å². The highest BCUT2D eigenvalue weighted by molar-refractivity contribution is 7.14. The van der Waals surface area contributed by atoms with Gasteiger partial charge in [-0.2, -0.15) is 0 Å². The lowest BCUT2D eigenvalue weighted by Crippen LogP contribution is -1.79. The Morgan fingerprint density at radius 3 is 2.47 bits per heavy atom.